The first-order valence-electron chi connectivity index (χ1n) is 9.33. The van der Waals surface area contributed by atoms with Crippen molar-refractivity contribution in [3.05, 3.63) is 41.7 Å². The molecule has 0 N–H and O–H groups in total. The number of rotatable bonds is 3. The third-order valence-electron chi connectivity index (χ3n) is 5.11. The van der Waals surface area contributed by atoms with Crippen molar-refractivity contribution in [3.63, 3.8) is 0 Å². The molecule has 7 nitrogen and oxygen atoms in total. The van der Waals surface area contributed by atoms with Crippen molar-refractivity contribution < 1.29 is 14.3 Å². The first kappa shape index (κ1) is 17.6. The highest BCUT2D eigenvalue weighted by Crippen LogP contribution is 2.34. The van der Waals surface area contributed by atoms with Gasteiger partial charge in [0.2, 0.25) is 5.95 Å². The van der Waals surface area contributed by atoms with E-state index in [9.17, 15) is 4.79 Å². The standard InChI is InChI=1S/C20H24N4O3/c1-14-11-21-20(22-12-14)23(2)15-5-4-8-24(13-15)19(25)16-6-3-7-17-18(16)27-10-9-26-17/h3,6-7,11-12,15H,4-5,8-10,13H2,1-2H3. The van der Waals surface area contributed by atoms with Gasteiger partial charge in [-0.3, -0.25) is 4.79 Å². The van der Waals surface area contributed by atoms with Gasteiger partial charge in [0.25, 0.3) is 5.91 Å². The minimum atomic E-state index is -0.0136. The van der Waals surface area contributed by atoms with Crippen LogP contribution in [0.5, 0.6) is 11.5 Å². The number of hydrogen-bond acceptors (Lipinski definition) is 6. The first-order chi connectivity index (χ1) is 13.1. The number of para-hydroxylation sites is 1. The third kappa shape index (κ3) is 3.54. The summed E-state index contributed by atoms with van der Waals surface area (Å²) in [5.41, 5.74) is 1.60. The van der Waals surface area contributed by atoms with Crippen LogP contribution in [0, 0.1) is 6.92 Å². The maximum absolute atomic E-state index is 13.2. The molecule has 2 aromatic rings. The molecule has 0 bridgehead atoms. The molecule has 0 saturated carbocycles. The van der Waals surface area contributed by atoms with Crippen LogP contribution in [0.2, 0.25) is 0 Å². The Morgan fingerprint density at radius 1 is 1.22 bits per heavy atom. The summed E-state index contributed by atoms with van der Waals surface area (Å²) in [5, 5.41) is 0. The van der Waals surface area contributed by atoms with Crippen LogP contribution in [0.15, 0.2) is 30.6 Å². The van der Waals surface area contributed by atoms with Gasteiger partial charge in [0.05, 0.1) is 5.56 Å². The zero-order valence-electron chi connectivity index (χ0n) is 15.7. The molecule has 3 heterocycles. The normalized spacial score (nSPS) is 18.9. The van der Waals surface area contributed by atoms with Gasteiger partial charge in [-0.05, 0) is 37.5 Å². The summed E-state index contributed by atoms with van der Waals surface area (Å²) in [6, 6.07) is 5.68. The number of anilines is 1. The van der Waals surface area contributed by atoms with Crippen molar-refractivity contribution in [1.29, 1.82) is 0 Å². The molecule has 0 radical (unpaired) electrons. The highest BCUT2D eigenvalue weighted by Gasteiger charge is 2.30. The van der Waals surface area contributed by atoms with Gasteiger partial charge in [0.15, 0.2) is 11.5 Å². The zero-order valence-corrected chi connectivity index (χ0v) is 15.7. The van der Waals surface area contributed by atoms with Gasteiger partial charge in [-0.25, -0.2) is 9.97 Å². The van der Waals surface area contributed by atoms with Crippen molar-refractivity contribution in [2.24, 2.45) is 0 Å². The molecule has 1 aromatic heterocycles. The molecular weight excluding hydrogens is 344 g/mol. The Bertz CT molecular complexity index is 824. The molecule has 27 heavy (non-hydrogen) atoms. The Hall–Kier alpha value is -2.83. The van der Waals surface area contributed by atoms with Gasteiger partial charge in [-0.1, -0.05) is 6.07 Å². The van der Waals surface area contributed by atoms with E-state index in [4.69, 9.17) is 9.47 Å². The average molecular weight is 368 g/mol. The van der Waals surface area contributed by atoms with E-state index in [1.54, 1.807) is 0 Å². The second-order valence-corrected chi connectivity index (χ2v) is 7.05. The quantitative estimate of drug-likeness (QED) is 0.828. The van der Waals surface area contributed by atoms with E-state index in [0.29, 0.717) is 42.8 Å². The van der Waals surface area contributed by atoms with E-state index in [-0.39, 0.29) is 11.9 Å². The minimum absolute atomic E-state index is 0.0136. The molecule has 1 saturated heterocycles. The molecule has 1 amide bonds. The number of benzene rings is 1. The fourth-order valence-electron chi connectivity index (χ4n) is 3.60. The van der Waals surface area contributed by atoms with E-state index in [1.165, 1.54) is 0 Å². The zero-order chi connectivity index (χ0) is 18.8. The lowest BCUT2D eigenvalue weighted by Crippen LogP contribution is -2.49. The second-order valence-electron chi connectivity index (χ2n) is 7.05. The molecule has 7 heteroatoms. The number of aryl methyl sites for hydroxylation is 1. The summed E-state index contributed by atoms with van der Waals surface area (Å²) >= 11 is 0. The predicted molar refractivity (Wildman–Crippen MR) is 102 cm³/mol. The van der Waals surface area contributed by atoms with Gasteiger partial charge in [0, 0.05) is 38.6 Å². The van der Waals surface area contributed by atoms with Crippen LogP contribution in [0.3, 0.4) is 0 Å². The summed E-state index contributed by atoms with van der Waals surface area (Å²) in [7, 11) is 1.99. The molecule has 142 valence electrons. The number of ether oxygens (including phenoxy) is 2. The van der Waals surface area contributed by atoms with Crippen LogP contribution >= 0.6 is 0 Å². The number of piperidine rings is 1. The Morgan fingerprint density at radius 3 is 2.81 bits per heavy atom. The van der Waals surface area contributed by atoms with Crippen LogP contribution in [0.1, 0.15) is 28.8 Å². The van der Waals surface area contributed by atoms with E-state index < -0.39 is 0 Å². The number of hydrogen-bond donors (Lipinski definition) is 0. The van der Waals surface area contributed by atoms with Crippen LogP contribution in [-0.4, -0.2) is 60.2 Å². The van der Waals surface area contributed by atoms with Crippen molar-refractivity contribution in [1.82, 2.24) is 14.9 Å². The maximum Gasteiger partial charge on any atom is 0.257 e. The van der Waals surface area contributed by atoms with Gasteiger partial charge >= 0.3 is 0 Å². The number of fused-ring (bicyclic) bond motifs is 1. The maximum atomic E-state index is 13.2. The van der Waals surface area contributed by atoms with Crippen molar-refractivity contribution in [2.75, 3.05) is 38.3 Å². The van der Waals surface area contributed by atoms with Gasteiger partial charge in [0.1, 0.15) is 13.2 Å². The monoisotopic (exact) mass is 368 g/mol. The summed E-state index contributed by atoms with van der Waals surface area (Å²) in [6.07, 6.45) is 5.58. The Balaban J connectivity index is 1.51. The largest absolute Gasteiger partial charge is 0.486 e. The SMILES string of the molecule is Cc1cnc(N(C)C2CCCN(C(=O)c3cccc4c3OCCO4)C2)nc1. The number of likely N-dealkylation sites (tertiary alicyclic amines) is 1. The van der Waals surface area contributed by atoms with Crippen LogP contribution in [-0.2, 0) is 0 Å². The number of carbonyl (C=O) groups excluding carboxylic acids is 1. The lowest BCUT2D eigenvalue weighted by molar-refractivity contribution is 0.0697. The highest BCUT2D eigenvalue weighted by molar-refractivity contribution is 5.98. The molecular formula is C20H24N4O3. The van der Waals surface area contributed by atoms with E-state index in [1.807, 2.05) is 49.5 Å². The molecule has 0 spiro atoms. The van der Waals surface area contributed by atoms with Gasteiger partial charge < -0.3 is 19.3 Å². The molecule has 2 aliphatic rings. The second kappa shape index (κ2) is 7.42. The van der Waals surface area contributed by atoms with Crippen LogP contribution in [0.25, 0.3) is 0 Å². The van der Waals surface area contributed by atoms with Gasteiger partial charge in [-0.2, -0.15) is 0 Å². The first-order valence-corrected chi connectivity index (χ1v) is 9.33. The number of nitrogens with zero attached hydrogens (tertiary/aromatic N) is 4. The fourth-order valence-corrected chi connectivity index (χ4v) is 3.60. The summed E-state index contributed by atoms with van der Waals surface area (Å²) in [4.78, 5) is 26.0. The Kier molecular flexibility index (Phi) is 4.83. The molecule has 0 aliphatic carbocycles. The van der Waals surface area contributed by atoms with Crippen molar-refractivity contribution in [3.8, 4) is 11.5 Å². The van der Waals surface area contributed by atoms with Crippen molar-refractivity contribution >= 4 is 11.9 Å². The molecule has 1 fully saturated rings. The highest BCUT2D eigenvalue weighted by atomic mass is 16.6. The lowest BCUT2D eigenvalue weighted by Gasteiger charge is -2.38. The summed E-state index contributed by atoms with van der Waals surface area (Å²) in [5.74, 6) is 1.88. The lowest BCUT2D eigenvalue weighted by atomic mass is 10.0. The molecule has 1 atom stereocenters. The van der Waals surface area contributed by atoms with Gasteiger partial charge in [-0.15, -0.1) is 0 Å². The van der Waals surface area contributed by atoms with Crippen LogP contribution < -0.4 is 14.4 Å². The molecule has 4 rings (SSSR count). The van der Waals surface area contributed by atoms with Crippen molar-refractivity contribution in [2.45, 2.75) is 25.8 Å². The summed E-state index contributed by atoms with van der Waals surface area (Å²) in [6.45, 7) is 4.32. The number of carbonyl (C=O) groups is 1. The van der Waals surface area contributed by atoms with E-state index >= 15 is 0 Å². The number of likely N-dealkylation sites (N-methyl/N-ethyl adjacent to an activating group) is 1. The Morgan fingerprint density at radius 2 is 2.00 bits per heavy atom. The van der Waals surface area contributed by atoms with Crippen LogP contribution in [0.4, 0.5) is 5.95 Å². The van der Waals surface area contributed by atoms with E-state index in [0.717, 1.165) is 24.9 Å². The smallest absolute Gasteiger partial charge is 0.257 e. The molecule has 1 unspecified atom stereocenters. The molecule has 1 aromatic carbocycles. The third-order valence-corrected chi connectivity index (χ3v) is 5.11. The summed E-state index contributed by atoms with van der Waals surface area (Å²) < 4.78 is 11.3. The fraction of sp³-hybridized carbons (Fsp3) is 0.450. The topological polar surface area (TPSA) is 67.8 Å². The predicted octanol–water partition coefficient (Wildman–Crippen LogP) is 2.30. The minimum Gasteiger partial charge on any atom is -0.486 e. The number of amides is 1. The van der Waals surface area contributed by atoms with E-state index in [2.05, 4.69) is 14.9 Å². The Labute approximate surface area is 158 Å². The molecule has 2 aliphatic heterocycles. The average Bonchev–Trinajstić information content (AvgIpc) is 2.73. The number of aromatic nitrogens is 2.